The average molecular weight is 352 g/mol. The van der Waals surface area contributed by atoms with E-state index in [0.717, 1.165) is 6.42 Å². The van der Waals surface area contributed by atoms with E-state index in [1.165, 1.54) is 4.90 Å². The first-order valence-corrected chi connectivity index (χ1v) is 9.06. The normalized spacial score (nSPS) is 36.0. The number of carbonyl (C=O) groups is 3. The first-order chi connectivity index (χ1) is 12.6. The molecule has 134 valence electrons. The lowest BCUT2D eigenvalue weighted by Crippen LogP contribution is -2.40. The Kier molecular flexibility index (Phi) is 3.26. The lowest BCUT2D eigenvalue weighted by Gasteiger charge is -2.37. The predicted molar refractivity (Wildman–Crippen MR) is 93.0 cm³/mol. The van der Waals surface area contributed by atoms with Crippen molar-refractivity contribution in [3.8, 4) is 5.75 Å². The topological polar surface area (TPSA) is 75.7 Å². The molecule has 0 aromatic heterocycles. The molecule has 3 amide bonds. The standard InChI is InChI=1S/C20H20N2O4/c1-26-11-4-2-10(3-5-11)21-16(23)9-22-19(24)17-12-6-7-13(15-8-14(12)15)18(17)20(22)25/h2-7,12-15,17-18H,8-9H2,1H3,(H,21,23). The Morgan fingerprint density at radius 2 is 1.65 bits per heavy atom. The van der Waals surface area contributed by atoms with Crippen molar-refractivity contribution in [3.05, 3.63) is 36.4 Å². The molecule has 6 rings (SSSR count). The molecule has 3 fully saturated rings. The third kappa shape index (κ3) is 2.14. The van der Waals surface area contributed by atoms with Crippen LogP contribution in [0.3, 0.4) is 0 Å². The van der Waals surface area contributed by atoms with Crippen LogP contribution < -0.4 is 10.1 Å². The lowest BCUT2D eigenvalue weighted by atomic mass is 9.63. The van der Waals surface area contributed by atoms with Crippen LogP contribution in [-0.4, -0.2) is 36.3 Å². The smallest absolute Gasteiger partial charge is 0.244 e. The van der Waals surface area contributed by atoms with Crippen molar-refractivity contribution < 1.29 is 19.1 Å². The summed E-state index contributed by atoms with van der Waals surface area (Å²) in [5.74, 6) is 0.975. The summed E-state index contributed by atoms with van der Waals surface area (Å²) in [5, 5.41) is 2.74. The number of methoxy groups -OCH3 is 1. The fourth-order valence-corrected chi connectivity index (χ4v) is 5.19. The highest BCUT2D eigenvalue weighted by molar-refractivity contribution is 6.09. The van der Waals surface area contributed by atoms with E-state index in [0.29, 0.717) is 23.3 Å². The number of ether oxygens (including phenoxy) is 1. The number of likely N-dealkylation sites (tertiary alicyclic amines) is 1. The van der Waals surface area contributed by atoms with Gasteiger partial charge in [0.2, 0.25) is 17.7 Å². The predicted octanol–water partition coefficient (Wildman–Crippen LogP) is 1.69. The van der Waals surface area contributed by atoms with Gasteiger partial charge in [-0.05, 0) is 54.4 Å². The molecule has 6 heteroatoms. The summed E-state index contributed by atoms with van der Waals surface area (Å²) in [4.78, 5) is 39.2. The summed E-state index contributed by atoms with van der Waals surface area (Å²) < 4.78 is 5.09. The number of imide groups is 1. The molecule has 26 heavy (non-hydrogen) atoms. The molecule has 6 atom stereocenters. The van der Waals surface area contributed by atoms with Crippen LogP contribution in [0.2, 0.25) is 0 Å². The number of anilines is 1. The Morgan fingerprint density at radius 3 is 2.19 bits per heavy atom. The first kappa shape index (κ1) is 15.6. The number of nitrogens with zero attached hydrogens (tertiary/aromatic N) is 1. The van der Waals surface area contributed by atoms with E-state index in [4.69, 9.17) is 4.74 Å². The number of allylic oxidation sites excluding steroid dienone is 2. The SMILES string of the molecule is COc1ccc(NC(=O)CN2C(=O)C3C4C=CC(C5CC45)C3C2=O)cc1. The highest BCUT2D eigenvalue weighted by Crippen LogP contribution is 2.65. The van der Waals surface area contributed by atoms with Gasteiger partial charge >= 0.3 is 0 Å². The van der Waals surface area contributed by atoms with Crippen molar-refractivity contribution in [2.24, 2.45) is 35.5 Å². The third-order valence-electron chi connectivity index (χ3n) is 6.43. The van der Waals surface area contributed by atoms with Crippen molar-refractivity contribution in [2.45, 2.75) is 6.42 Å². The highest BCUT2D eigenvalue weighted by atomic mass is 16.5. The third-order valence-corrected chi connectivity index (χ3v) is 6.43. The maximum atomic E-state index is 12.9. The fourth-order valence-electron chi connectivity index (χ4n) is 5.19. The number of hydrogen-bond donors (Lipinski definition) is 1. The van der Waals surface area contributed by atoms with E-state index in [1.807, 2.05) is 0 Å². The molecule has 2 bridgehead atoms. The van der Waals surface area contributed by atoms with E-state index in [9.17, 15) is 14.4 Å². The number of rotatable bonds is 4. The van der Waals surface area contributed by atoms with E-state index < -0.39 is 0 Å². The van der Waals surface area contributed by atoms with E-state index in [1.54, 1.807) is 31.4 Å². The Morgan fingerprint density at radius 1 is 1.08 bits per heavy atom. The fraction of sp³-hybridized carbons (Fsp3) is 0.450. The van der Waals surface area contributed by atoms with Gasteiger partial charge < -0.3 is 10.1 Å². The van der Waals surface area contributed by atoms with Crippen LogP contribution in [0.25, 0.3) is 0 Å². The minimum Gasteiger partial charge on any atom is -0.497 e. The summed E-state index contributed by atoms with van der Waals surface area (Å²) in [5.41, 5.74) is 0.607. The molecule has 1 N–H and O–H groups in total. The van der Waals surface area contributed by atoms with Gasteiger partial charge in [0.15, 0.2) is 0 Å². The molecule has 1 saturated heterocycles. The zero-order valence-corrected chi connectivity index (χ0v) is 14.4. The Balaban J connectivity index is 1.30. The van der Waals surface area contributed by atoms with Crippen molar-refractivity contribution in [2.75, 3.05) is 19.0 Å². The second-order valence-electron chi connectivity index (χ2n) is 7.69. The summed E-state index contributed by atoms with van der Waals surface area (Å²) in [6, 6.07) is 6.93. The number of nitrogens with one attached hydrogen (secondary N) is 1. The van der Waals surface area contributed by atoms with Crippen LogP contribution in [0, 0.1) is 35.5 Å². The molecule has 2 saturated carbocycles. The van der Waals surface area contributed by atoms with Gasteiger partial charge in [-0.1, -0.05) is 12.2 Å². The second kappa shape index (κ2) is 5.43. The zero-order valence-electron chi connectivity index (χ0n) is 14.4. The molecule has 1 aromatic carbocycles. The van der Waals surface area contributed by atoms with Gasteiger partial charge in [-0.25, -0.2) is 0 Å². The first-order valence-electron chi connectivity index (χ1n) is 9.06. The monoisotopic (exact) mass is 352 g/mol. The van der Waals surface area contributed by atoms with Gasteiger partial charge in [0.25, 0.3) is 0 Å². The molecule has 0 spiro atoms. The van der Waals surface area contributed by atoms with Crippen LogP contribution in [0.4, 0.5) is 5.69 Å². The highest BCUT2D eigenvalue weighted by Gasteiger charge is 2.67. The summed E-state index contributed by atoms with van der Waals surface area (Å²) >= 11 is 0. The average Bonchev–Trinajstić information content (AvgIpc) is 3.43. The lowest BCUT2D eigenvalue weighted by molar-refractivity contribution is -0.142. The minimum atomic E-state index is -0.360. The van der Waals surface area contributed by atoms with Gasteiger partial charge in [0.1, 0.15) is 12.3 Å². The molecule has 6 nitrogen and oxygen atoms in total. The summed E-state index contributed by atoms with van der Waals surface area (Å²) in [6.45, 7) is -0.217. The number of hydrogen-bond acceptors (Lipinski definition) is 4. The maximum absolute atomic E-state index is 12.9. The van der Waals surface area contributed by atoms with Crippen molar-refractivity contribution in [1.29, 1.82) is 0 Å². The summed E-state index contributed by atoms with van der Waals surface area (Å²) in [6.07, 6.45) is 5.39. The van der Waals surface area contributed by atoms with E-state index in [2.05, 4.69) is 17.5 Å². The van der Waals surface area contributed by atoms with E-state index >= 15 is 0 Å². The van der Waals surface area contributed by atoms with Crippen LogP contribution in [-0.2, 0) is 14.4 Å². The van der Waals surface area contributed by atoms with Gasteiger partial charge in [0, 0.05) is 5.69 Å². The Hall–Kier alpha value is -2.63. The number of amides is 3. The molecular formula is C20H20N2O4. The molecule has 0 radical (unpaired) electrons. The number of benzene rings is 1. The maximum Gasteiger partial charge on any atom is 0.244 e. The van der Waals surface area contributed by atoms with Crippen molar-refractivity contribution in [3.63, 3.8) is 0 Å². The number of carbonyl (C=O) groups excluding carboxylic acids is 3. The van der Waals surface area contributed by atoms with Gasteiger partial charge in [-0.2, -0.15) is 0 Å². The molecule has 1 heterocycles. The van der Waals surface area contributed by atoms with Gasteiger partial charge in [0.05, 0.1) is 18.9 Å². The quantitative estimate of drug-likeness (QED) is 0.661. The molecule has 4 aliphatic carbocycles. The molecule has 1 aliphatic heterocycles. The zero-order chi connectivity index (χ0) is 18.0. The van der Waals surface area contributed by atoms with Crippen LogP contribution in [0.15, 0.2) is 36.4 Å². The second-order valence-corrected chi connectivity index (χ2v) is 7.69. The Bertz CT molecular complexity index is 795. The van der Waals surface area contributed by atoms with Gasteiger partial charge in [-0.3, -0.25) is 19.3 Å². The van der Waals surface area contributed by atoms with Crippen molar-refractivity contribution >= 4 is 23.4 Å². The molecule has 1 aromatic rings. The molecule has 5 aliphatic rings. The molecular weight excluding hydrogens is 332 g/mol. The minimum absolute atomic E-state index is 0.172. The Labute approximate surface area is 151 Å². The summed E-state index contributed by atoms with van der Waals surface area (Å²) in [7, 11) is 1.57. The largest absolute Gasteiger partial charge is 0.497 e. The van der Waals surface area contributed by atoms with Crippen molar-refractivity contribution in [1.82, 2.24) is 4.90 Å². The van der Waals surface area contributed by atoms with Crippen LogP contribution in [0.1, 0.15) is 6.42 Å². The molecule has 6 unspecified atom stereocenters. The van der Waals surface area contributed by atoms with Crippen LogP contribution in [0.5, 0.6) is 5.75 Å². The van der Waals surface area contributed by atoms with Gasteiger partial charge in [-0.15, -0.1) is 0 Å². The van der Waals surface area contributed by atoms with Crippen LogP contribution >= 0.6 is 0 Å². The van der Waals surface area contributed by atoms with E-state index in [-0.39, 0.29) is 47.9 Å².